The number of carbonyl (C=O) groups is 1. The number of rotatable bonds is 8. The van der Waals surface area contributed by atoms with Crippen molar-refractivity contribution in [2.75, 3.05) is 19.6 Å². The topological polar surface area (TPSA) is 67.5 Å². The molecule has 0 radical (unpaired) electrons. The number of nitrogens with zero attached hydrogens (tertiary/aromatic N) is 2. The lowest BCUT2D eigenvalue weighted by Gasteiger charge is -2.30. The molecule has 0 saturated heterocycles. The van der Waals surface area contributed by atoms with Crippen molar-refractivity contribution in [3.8, 4) is 0 Å². The van der Waals surface area contributed by atoms with E-state index in [1.54, 1.807) is 25.1 Å². The molecule has 0 fully saturated rings. The molecule has 2 aromatic carbocycles. The average Bonchev–Trinajstić information content (AvgIpc) is 3.06. The monoisotopic (exact) mass is 381 g/mol. The number of amides is 1. The van der Waals surface area contributed by atoms with Gasteiger partial charge in [-0.1, -0.05) is 56.3 Å². The molecule has 0 aliphatic rings. The molecule has 3 rings (SSSR count). The van der Waals surface area contributed by atoms with E-state index in [-0.39, 0.29) is 11.9 Å². The van der Waals surface area contributed by atoms with Gasteiger partial charge < -0.3 is 9.73 Å². The first-order valence-electron chi connectivity index (χ1n) is 9.73. The van der Waals surface area contributed by atoms with Crippen LogP contribution in [0.3, 0.4) is 0 Å². The van der Waals surface area contributed by atoms with Crippen LogP contribution in [-0.4, -0.2) is 35.0 Å². The third-order valence-corrected chi connectivity index (χ3v) is 5.19. The van der Waals surface area contributed by atoms with E-state index in [1.165, 1.54) is 4.57 Å². The highest BCUT2D eigenvalue weighted by molar-refractivity contribution is 5.82. The van der Waals surface area contributed by atoms with E-state index in [4.69, 9.17) is 4.42 Å². The maximum atomic E-state index is 12.8. The van der Waals surface area contributed by atoms with Crippen LogP contribution in [0, 0.1) is 0 Å². The van der Waals surface area contributed by atoms with Crippen LogP contribution in [0.5, 0.6) is 0 Å². The van der Waals surface area contributed by atoms with Gasteiger partial charge in [0.25, 0.3) is 0 Å². The van der Waals surface area contributed by atoms with Crippen LogP contribution in [-0.2, 0) is 4.79 Å². The number of fused-ring (bicyclic) bond motifs is 1. The van der Waals surface area contributed by atoms with Gasteiger partial charge >= 0.3 is 5.76 Å². The van der Waals surface area contributed by atoms with Gasteiger partial charge in [0, 0.05) is 6.54 Å². The van der Waals surface area contributed by atoms with Crippen molar-refractivity contribution >= 4 is 17.0 Å². The van der Waals surface area contributed by atoms with Gasteiger partial charge in [0.15, 0.2) is 5.58 Å². The number of para-hydroxylation sites is 2. The number of carbonyl (C=O) groups excluding carboxylic acids is 1. The minimum Gasteiger partial charge on any atom is -0.408 e. The molecule has 0 spiro atoms. The van der Waals surface area contributed by atoms with Crippen molar-refractivity contribution in [1.82, 2.24) is 14.8 Å². The molecule has 2 atom stereocenters. The smallest absolute Gasteiger partial charge is 0.408 e. The molecule has 0 saturated carbocycles. The van der Waals surface area contributed by atoms with Crippen LogP contribution in [0.25, 0.3) is 11.1 Å². The zero-order chi connectivity index (χ0) is 20.1. The van der Waals surface area contributed by atoms with E-state index in [0.29, 0.717) is 17.6 Å². The van der Waals surface area contributed by atoms with Crippen LogP contribution in [0.1, 0.15) is 38.4 Å². The van der Waals surface area contributed by atoms with E-state index >= 15 is 0 Å². The molecule has 0 bridgehead atoms. The molecule has 0 aliphatic carbocycles. The first-order valence-corrected chi connectivity index (χ1v) is 9.73. The fourth-order valence-corrected chi connectivity index (χ4v) is 3.61. The Morgan fingerprint density at radius 1 is 1.07 bits per heavy atom. The van der Waals surface area contributed by atoms with Gasteiger partial charge in [-0.25, -0.2) is 4.79 Å². The molecule has 6 heteroatoms. The van der Waals surface area contributed by atoms with Gasteiger partial charge in [0.2, 0.25) is 5.91 Å². The summed E-state index contributed by atoms with van der Waals surface area (Å²) in [6.07, 6.45) is 0. The number of aromatic nitrogens is 1. The van der Waals surface area contributed by atoms with E-state index in [2.05, 4.69) is 36.2 Å². The Balaban J connectivity index is 1.79. The Kier molecular flexibility index (Phi) is 6.31. The summed E-state index contributed by atoms with van der Waals surface area (Å²) in [5.41, 5.74) is 2.26. The lowest BCUT2D eigenvalue weighted by Crippen LogP contribution is -2.41. The van der Waals surface area contributed by atoms with Crippen molar-refractivity contribution < 1.29 is 9.21 Å². The molecular weight excluding hydrogens is 354 g/mol. The number of likely N-dealkylation sites (N-methyl/N-ethyl adjacent to an activating group) is 1. The average molecular weight is 381 g/mol. The van der Waals surface area contributed by atoms with E-state index in [1.807, 2.05) is 24.3 Å². The van der Waals surface area contributed by atoms with Crippen LogP contribution in [0.4, 0.5) is 0 Å². The Hall–Kier alpha value is -2.86. The van der Waals surface area contributed by atoms with Crippen molar-refractivity contribution in [3.05, 3.63) is 70.7 Å². The summed E-state index contributed by atoms with van der Waals surface area (Å²) in [5, 5.41) is 3.03. The van der Waals surface area contributed by atoms with Crippen LogP contribution in [0.2, 0.25) is 0 Å². The second-order valence-electron chi connectivity index (χ2n) is 6.77. The highest BCUT2D eigenvalue weighted by atomic mass is 16.4. The lowest BCUT2D eigenvalue weighted by atomic mass is 10.0. The van der Waals surface area contributed by atoms with Crippen molar-refractivity contribution in [1.29, 1.82) is 0 Å². The fraction of sp³-hybridized carbons (Fsp3) is 0.364. The highest BCUT2D eigenvalue weighted by Crippen LogP contribution is 2.20. The third kappa shape index (κ3) is 4.02. The summed E-state index contributed by atoms with van der Waals surface area (Å²) in [5.74, 6) is -0.728. The Morgan fingerprint density at radius 3 is 2.39 bits per heavy atom. The van der Waals surface area contributed by atoms with Crippen LogP contribution >= 0.6 is 0 Å². The molecule has 1 amide bonds. The molecule has 2 unspecified atom stereocenters. The second kappa shape index (κ2) is 8.89. The summed E-state index contributed by atoms with van der Waals surface area (Å²) >= 11 is 0. The van der Waals surface area contributed by atoms with Crippen LogP contribution in [0.15, 0.2) is 63.8 Å². The van der Waals surface area contributed by atoms with Gasteiger partial charge in [-0.3, -0.25) is 14.3 Å². The molecule has 148 valence electrons. The second-order valence-corrected chi connectivity index (χ2v) is 6.77. The van der Waals surface area contributed by atoms with Gasteiger partial charge in [0.1, 0.15) is 6.04 Å². The van der Waals surface area contributed by atoms with Gasteiger partial charge in [0.05, 0.1) is 11.6 Å². The van der Waals surface area contributed by atoms with E-state index in [0.717, 1.165) is 18.7 Å². The molecule has 6 nitrogen and oxygen atoms in total. The first-order chi connectivity index (χ1) is 13.6. The maximum Gasteiger partial charge on any atom is 0.420 e. The van der Waals surface area contributed by atoms with Gasteiger partial charge in [-0.2, -0.15) is 0 Å². The summed E-state index contributed by atoms with van der Waals surface area (Å²) < 4.78 is 6.66. The van der Waals surface area contributed by atoms with E-state index in [9.17, 15) is 9.59 Å². The zero-order valence-corrected chi connectivity index (χ0v) is 16.6. The molecule has 3 aromatic rings. The number of nitrogens with one attached hydrogen (secondary N) is 1. The summed E-state index contributed by atoms with van der Waals surface area (Å²) in [7, 11) is 0. The quantitative estimate of drug-likeness (QED) is 0.650. The van der Waals surface area contributed by atoms with Crippen molar-refractivity contribution in [2.24, 2.45) is 0 Å². The predicted molar refractivity (Wildman–Crippen MR) is 110 cm³/mol. The fourth-order valence-electron chi connectivity index (χ4n) is 3.61. The molecule has 1 N–H and O–H groups in total. The molecular formula is C22H27N3O3. The third-order valence-electron chi connectivity index (χ3n) is 5.19. The summed E-state index contributed by atoms with van der Waals surface area (Å²) in [4.78, 5) is 27.4. The SMILES string of the molecule is CCN(CC)C(CNC(=O)C(C)n1c(=O)oc2ccccc21)c1ccccc1. The maximum absolute atomic E-state index is 12.8. The first kappa shape index (κ1) is 19.9. The normalized spacial score (nSPS) is 13.6. The Morgan fingerprint density at radius 2 is 1.71 bits per heavy atom. The van der Waals surface area contributed by atoms with Crippen molar-refractivity contribution in [2.45, 2.75) is 32.9 Å². The number of oxazole rings is 1. The minimum atomic E-state index is -0.663. The standard InChI is InChI=1S/C22H27N3O3/c1-4-24(5-2)19(17-11-7-6-8-12-17)15-23-21(26)16(3)25-18-13-9-10-14-20(18)28-22(25)27/h6-14,16,19H,4-5,15H2,1-3H3,(H,23,26). The predicted octanol–water partition coefficient (Wildman–Crippen LogP) is 3.35. The minimum absolute atomic E-state index is 0.0742. The van der Waals surface area contributed by atoms with Crippen LogP contribution < -0.4 is 11.1 Å². The zero-order valence-electron chi connectivity index (χ0n) is 16.6. The Labute approximate surface area is 164 Å². The highest BCUT2D eigenvalue weighted by Gasteiger charge is 2.24. The largest absolute Gasteiger partial charge is 0.420 e. The van der Waals surface area contributed by atoms with E-state index < -0.39 is 11.8 Å². The van der Waals surface area contributed by atoms with Gasteiger partial charge in [-0.05, 0) is 37.7 Å². The van der Waals surface area contributed by atoms with Gasteiger partial charge in [-0.15, -0.1) is 0 Å². The molecule has 0 aliphatic heterocycles. The molecule has 28 heavy (non-hydrogen) atoms. The molecule has 1 heterocycles. The number of hydrogen-bond acceptors (Lipinski definition) is 4. The Bertz CT molecular complexity index is 973. The number of benzene rings is 2. The molecule has 1 aromatic heterocycles. The van der Waals surface area contributed by atoms with Crippen molar-refractivity contribution in [3.63, 3.8) is 0 Å². The number of hydrogen-bond donors (Lipinski definition) is 1. The lowest BCUT2D eigenvalue weighted by molar-refractivity contribution is -0.124. The summed E-state index contributed by atoms with van der Waals surface area (Å²) in [6.45, 7) is 8.18. The summed E-state index contributed by atoms with van der Waals surface area (Å²) in [6, 6.07) is 16.7.